The van der Waals surface area contributed by atoms with E-state index in [0.29, 0.717) is 0 Å². The zero-order chi connectivity index (χ0) is 9.44. The second-order valence-corrected chi connectivity index (χ2v) is 3.03. The zero-order valence-electron chi connectivity index (χ0n) is 5.47. The van der Waals surface area contributed by atoms with Crippen LogP contribution in [0.3, 0.4) is 0 Å². The first-order valence-electron chi connectivity index (χ1n) is 2.19. The van der Waals surface area contributed by atoms with Gasteiger partial charge in [0.2, 0.25) is 0 Å². The molecule has 0 rings (SSSR count). The second kappa shape index (κ2) is 7.91. The maximum absolute atomic E-state index is 9.44. The molecule has 0 fully saturated rings. The van der Waals surface area contributed by atoms with Crippen molar-refractivity contribution in [2.45, 2.75) is 6.92 Å². The third-order valence-corrected chi connectivity index (χ3v) is 1.57. The first kappa shape index (κ1) is 13.4. The first-order valence-corrected chi connectivity index (χ1v) is 4.72. The molecule has 0 amide bonds. The Kier molecular flexibility index (Phi) is 9.64. The van der Waals surface area contributed by atoms with Crippen molar-refractivity contribution < 1.29 is 33.1 Å². The highest BCUT2D eigenvalue weighted by Gasteiger charge is 1.93. The fraction of sp³-hybridized carbons (Fsp3) is 0.500. The van der Waals surface area contributed by atoms with Crippen molar-refractivity contribution in [3.05, 3.63) is 0 Å². The molecule has 2 atom stereocenters. The molecule has 0 aromatic rings. The van der Waals surface area contributed by atoms with Gasteiger partial charge in [0.1, 0.15) is 0 Å². The van der Waals surface area contributed by atoms with Crippen molar-refractivity contribution >= 4 is 22.5 Å². The summed E-state index contributed by atoms with van der Waals surface area (Å²) in [6.45, 7) is 1.08. The van der Waals surface area contributed by atoms with Gasteiger partial charge in [0.05, 0.1) is 0 Å². The fourth-order valence-corrected chi connectivity index (χ4v) is 0.672. The van der Waals surface area contributed by atoms with Crippen LogP contribution in [0.1, 0.15) is 6.92 Å². The van der Waals surface area contributed by atoms with E-state index >= 15 is 0 Å². The van der Waals surface area contributed by atoms with Gasteiger partial charge in [-0.25, -0.2) is 4.31 Å². The molecule has 0 saturated carbocycles. The Morgan fingerprint density at radius 1 is 1.27 bits per heavy atom. The van der Waals surface area contributed by atoms with Crippen LogP contribution in [0.2, 0.25) is 0 Å². The Labute approximate surface area is 63.5 Å². The summed E-state index contributed by atoms with van der Waals surface area (Å²) in [5, 5.41) is 7.42. The van der Waals surface area contributed by atoms with Crippen molar-refractivity contribution in [1.82, 2.24) is 0 Å². The molecular weight excluding hydrogens is 198 g/mol. The smallest absolute Gasteiger partial charge is 0.323 e. The van der Waals surface area contributed by atoms with Crippen molar-refractivity contribution in [2.24, 2.45) is 0 Å². The van der Waals surface area contributed by atoms with E-state index in [4.69, 9.17) is 19.7 Å². The Morgan fingerprint density at radius 3 is 1.45 bits per heavy atom. The largest absolute Gasteiger partial charge is 0.481 e. The molecule has 68 valence electrons. The first-order chi connectivity index (χ1) is 4.86. The van der Waals surface area contributed by atoms with Crippen LogP contribution in [-0.2, 0) is 18.2 Å². The third-order valence-electron chi connectivity index (χ3n) is 0.175. The average Bonchev–Trinajstić information content (AvgIpc) is 1.56. The molecule has 9 heteroatoms. The molecule has 0 saturated heterocycles. The molecule has 0 aliphatic rings. The molecule has 0 spiro atoms. The van der Waals surface area contributed by atoms with Crippen molar-refractivity contribution in [1.29, 1.82) is 0 Å². The van der Waals surface area contributed by atoms with Gasteiger partial charge < -0.3 is 14.9 Å². The highest BCUT2D eigenvalue weighted by molar-refractivity contribution is 7.46. The summed E-state index contributed by atoms with van der Waals surface area (Å²) in [4.78, 5) is 24.4. The highest BCUT2D eigenvalue weighted by Crippen LogP contribution is 2.30. The van der Waals surface area contributed by atoms with Crippen LogP contribution in [0.25, 0.3) is 0 Å². The number of hydrogen-bond donors (Lipinski definition) is 3. The Hall–Kier alpha value is -0.190. The van der Waals surface area contributed by atoms with Crippen molar-refractivity contribution in [2.75, 3.05) is 0 Å². The molecule has 0 aliphatic heterocycles. The molecule has 0 bridgehead atoms. The maximum atomic E-state index is 9.44. The number of aliphatic carboxylic acids is 1. The van der Waals surface area contributed by atoms with Crippen LogP contribution < -0.4 is 0 Å². The molecule has 11 heavy (non-hydrogen) atoms. The fourth-order valence-electron chi connectivity index (χ4n) is 0.0747. The topological polar surface area (TPSA) is 121 Å². The lowest BCUT2D eigenvalue weighted by Crippen LogP contribution is -1.78. The summed E-state index contributed by atoms with van der Waals surface area (Å²) in [6.07, 6.45) is 0. The lowest BCUT2D eigenvalue weighted by atomic mass is 10.9. The minimum Gasteiger partial charge on any atom is -0.481 e. The maximum Gasteiger partial charge on any atom is 0.323 e. The summed E-state index contributed by atoms with van der Waals surface area (Å²) in [7, 11) is -6.40. The summed E-state index contributed by atoms with van der Waals surface area (Å²) >= 11 is 0. The molecule has 2 unspecified atom stereocenters. The van der Waals surface area contributed by atoms with E-state index in [-0.39, 0.29) is 0 Å². The number of carboxylic acid groups (broad SMARTS) is 1. The molecule has 0 heterocycles. The summed E-state index contributed by atoms with van der Waals surface area (Å²) in [5.41, 5.74) is 0. The number of hydrogen-bond acceptors (Lipinski definition) is 4. The van der Waals surface area contributed by atoms with E-state index in [1.807, 2.05) is 0 Å². The standard InChI is InChI=1S/C2H4O2.H4O5P2/c1-2(3)4;1-6(2)5-7(3)4/h1H3,(H,3,4);6-7H,(H,1,2)(H,3,4). The quantitative estimate of drug-likeness (QED) is 0.537. The van der Waals surface area contributed by atoms with Crippen LogP contribution in [-0.4, -0.2) is 20.9 Å². The van der Waals surface area contributed by atoms with Gasteiger partial charge in [0, 0.05) is 6.92 Å². The van der Waals surface area contributed by atoms with Gasteiger partial charge in [0.25, 0.3) is 5.97 Å². The zero-order valence-corrected chi connectivity index (χ0v) is 7.47. The van der Waals surface area contributed by atoms with E-state index < -0.39 is 22.5 Å². The number of carbonyl (C=O) groups is 1. The van der Waals surface area contributed by atoms with E-state index in [2.05, 4.69) is 4.31 Å². The van der Waals surface area contributed by atoms with Gasteiger partial charge in [-0.3, -0.25) is 13.9 Å². The second-order valence-electron chi connectivity index (χ2n) is 1.15. The molecule has 0 radical (unpaired) electrons. The van der Waals surface area contributed by atoms with E-state index in [9.17, 15) is 9.13 Å². The van der Waals surface area contributed by atoms with E-state index in [0.717, 1.165) is 6.92 Å². The van der Waals surface area contributed by atoms with Crippen molar-refractivity contribution in [3.8, 4) is 0 Å². The molecule has 0 aliphatic carbocycles. The van der Waals surface area contributed by atoms with E-state index in [1.54, 1.807) is 0 Å². The average molecular weight is 206 g/mol. The van der Waals surface area contributed by atoms with Gasteiger partial charge in [-0.2, -0.15) is 0 Å². The Morgan fingerprint density at radius 2 is 1.45 bits per heavy atom. The molecule has 7 nitrogen and oxygen atoms in total. The molecule has 0 aromatic carbocycles. The lowest BCUT2D eigenvalue weighted by Gasteiger charge is -1.86. The van der Waals surface area contributed by atoms with Crippen LogP contribution in [0, 0.1) is 0 Å². The third kappa shape index (κ3) is 41.2. The normalized spacial score (nSPS) is 14.1. The lowest BCUT2D eigenvalue weighted by molar-refractivity contribution is -0.134. The van der Waals surface area contributed by atoms with Gasteiger partial charge in [-0.15, -0.1) is 0 Å². The van der Waals surface area contributed by atoms with Crippen LogP contribution in [0.15, 0.2) is 0 Å². The summed E-state index contributed by atoms with van der Waals surface area (Å²) in [6, 6.07) is 0. The van der Waals surface area contributed by atoms with Crippen LogP contribution >= 0.6 is 16.5 Å². The van der Waals surface area contributed by atoms with Gasteiger partial charge in [-0.1, -0.05) is 0 Å². The molecular formula is C2H8O7P2. The highest BCUT2D eigenvalue weighted by atomic mass is 31.2. The predicted molar refractivity (Wildman–Crippen MR) is 36.8 cm³/mol. The van der Waals surface area contributed by atoms with Gasteiger partial charge in [0.15, 0.2) is 0 Å². The summed E-state index contributed by atoms with van der Waals surface area (Å²) in [5.74, 6) is -0.833. The van der Waals surface area contributed by atoms with Crippen molar-refractivity contribution in [3.63, 3.8) is 0 Å². The van der Waals surface area contributed by atoms with Gasteiger partial charge >= 0.3 is 16.5 Å². The number of carboxylic acids is 1. The van der Waals surface area contributed by atoms with Crippen LogP contribution in [0.5, 0.6) is 0 Å². The summed E-state index contributed by atoms with van der Waals surface area (Å²) < 4.78 is 22.3. The minimum absolute atomic E-state index is 0.833. The minimum atomic E-state index is -3.20. The Bertz CT molecular complexity index is 148. The predicted octanol–water partition coefficient (Wildman–Crippen LogP) is -0.142. The van der Waals surface area contributed by atoms with Crippen LogP contribution in [0.4, 0.5) is 0 Å². The molecule has 0 aromatic heterocycles. The molecule has 3 N–H and O–H groups in total. The van der Waals surface area contributed by atoms with Gasteiger partial charge in [-0.05, 0) is 0 Å². The SMILES string of the molecule is CC(=O)O.O=[PH](O)O[PH](=O)O. The van der Waals surface area contributed by atoms with E-state index in [1.165, 1.54) is 0 Å². The monoisotopic (exact) mass is 206 g/mol. The Balaban J connectivity index is 0. The number of rotatable bonds is 2.